The lowest BCUT2D eigenvalue weighted by molar-refractivity contribution is -0.138. The first-order valence-electron chi connectivity index (χ1n) is 9.89. The van der Waals surface area contributed by atoms with Gasteiger partial charge in [0.2, 0.25) is 0 Å². The molecule has 3 aromatic rings. The van der Waals surface area contributed by atoms with Gasteiger partial charge in [-0.1, -0.05) is 23.7 Å². The summed E-state index contributed by atoms with van der Waals surface area (Å²) >= 11 is 3.71. The predicted molar refractivity (Wildman–Crippen MR) is 127 cm³/mol. The summed E-state index contributed by atoms with van der Waals surface area (Å²) in [5.41, 5.74) is 0.182. The number of carbonyl (C=O) groups is 3. The zero-order valence-electron chi connectivity index (χ0n) is 17.8. The highest BCUT2D eigenvalue weighted by Crippen LogP contribution is 2.35. The van der Waals surface area contributed by atoms with Crippen LogP contribution in [0.3, 0.4) is 0 Å². The summed E-state index contributed by atoms with van der Waals surface area (Å²) in [5, 5.41) is 4.00. The minimum absolute atomic E-state index is 0.0104. The van der Waals surface area contributed by atoms with Crippen LogP contribution < -0.4 is 4.72 Å². The van der Waals surface area contributed by atoms with Gasteiger partial charge < -0.3 is 0 Å². The van der Waals surface area contributed by atoms with Crippen LogP contribution in [0.15, 0.2) is 47.5 Å². The van der Waals surface area contributed by atoms with Crippen molar-refractivity contribution in [2.45, 2.75) is 12.7 Å². The number of thioether (sulfide) groups is 1. The zero-order chi connectivity index (χ0) is 26.2. The number of nitrogens with zero attached hydrogens (tertiary/aromatic N) is 3. The molecule has 1 unspecified atom stereocenters. The molecule has 0 aliphatic carbocycles. The van der Waals surface area contributed by atoms with Gasteiger partial charge in [0.25, 0.3) is 28.3 Å². The van der Waals surface area contributed by atoms with E-state index in [0.717, 1.165) is 6.07 Å². The van der Waals surface area contributed by atoms with E-state index in [1.54, 1.807) is 22.9 Å². The Bertz CT molecular complexity index is 1460. The fraction of sp³-hybridized carbons (Fsp3) is 0.143. The number of amides is 3. The average Bonchev–Trinajstić information content (AvgIpc) is 3.29. The van der Waals surface area contributed by atoms with Crippen molar-refractivity contribution in [2.24, 2.45) is 0 Å². The highest BCUT2D eigenvalue weighted by Gasteiger charge is 2.36. The molecule has 4 rings (SSSR count). The van der Waals surface area contributed by atoms with Gasteiger partial charge in [-0.3, -0.25) is 33.2 Å². The van der Waals surface area contributed by atoms with Crippen molar-refractivity contribution < 1.29 is 36.3 Å². The van der Waals surface area contributed by atoms with E-state index >= 15 is 0 Å². The van der Waals surface area contributed by atoms with Crippen molar-refractivity contribution in [1.82, 2.24) is 19.4 Å². The molecule has 0 saturated carbocycles. The smallest absolute Gasteiger partial charge is 0.289 e. The molecule has 0 radical (unpaired) electrons. The molecule has 2 N–H and O–H groups in total. The topological polar surface area (TPSA) is 122 Å². The Morgan fingerprint density at radius 2 is 1.97 bits per heavy atom. The SMILES string of the molecule is O=C(CN1C(=O)SC(=Cc2ccc3c(cnn3Cc3ccc(Cl)cc3C(F)(F)F)c2)C1=O)NS(=O)O. The van der Waals surface area contributed by atoms with Crippen LogP contribution in [0.25, 0.3) is 17.0 Å². The Balaban J connectivity index is 1.56. The third kappa shape index (κ3) is 5.61. The van der Waals surface area contributed by atoms with Crippen LogP contribution in [-0.4, -0.2) is 47.0 Å². The number of fused-ring (bicyclic) bond motifs is 1. The van der Waals surface area contributed by atoms with Crippen LogP contribution in [0.2, 0.25) is 5.02 Å². The van der Waals surface area contributed by atoms with Gasteiger partial charge in [-0.2, -0.15) is 18.3 Å². The number of nitrogens with one attached hydrogen (secondary N) is 1. The van der Waals surface area contributed by atoms with Gasteiger partial charge in [0, 0.05) is 10.4 Å². The standard InChI is InChI=1S/C21H14ClF3N4O5S2/c22-14-3-2-12(15(7-14)21(23,24)25)9-29-16-4-1-11(5-13(16)8-26-29)6-17-19(31)28(20(32)35-17)10-18(30)27-36(33)34/h1-8H,9-10H2,(H,27,30)(H,33,34). The Morgan fingerprint density at radius 3 is 2.67 bits per heavy atom. The summed E-state index contributed by atoms with van der Waals surface area (Å²) in [5.74, 6) is -1.73. The number of rotatable bonds is 6. The second kappa shape index (κ2) is 10.0. The molecule has 188 valence electrons. The van der Waals surface area contributed by atoms with E-state index in [9.17, 15) is 31.8 Å². The Labute approximate surface area is 212 Å². The van der Waals surface area contributed by atoms with E-state index in [1.807, 2.05) is 0 Å². The molecule has 1 aromatic heterocycles. The van der Waals surface area contributed by atoms with Crippen LogP contribution in [-0.2, 0) is 33.6 Å². The van der Waals surface area contributed by atoms with Gasteiger partial charge in [0.15, 0.2) is 0 Å². The van der Waals surface area contributed by atoms with E-state index in [1.165, 1.54) is 29.1 Å². The Morgan fingerprint density at radius 1 is 1.22 bits per heavy atom. The van der Waals surface area contributed by atoms with Crippen LogP contribution >= 0.6 is 23.4 Å². The Hall–Kier alpha value is -3.20. The molecule has 1 aliphatic heterocycles. The number of alkyl halides is 3. The van der Waals surface area contributed by atoms with E-state index < -0.39 is 46.6 Å². The van der Waals surface area contributed by atoms with Crippen LogP contribution in [0.5, 0.6) is 0 Å². The minimum atomic E-state index is -4.59. The van der Waals surface area contributed by atoms with E-state index in [0.29, 0.717) is 33.1 Å². The number of hydrogen-bond donors (Lipinski definition) is 2. The molecule has 2 heterocycles. The van der Waals surface area contributed by atoms with Crippen molar-refractivity contribution >= 4 is 68.7 Å². The molecule has 36 heavy (non-hydrogen) atoms. The fourth-order valence-corrected chi connectivity index (χ4v) is 4.76. The van der Waals surface area contributed by atoms with E-state index in [2.05, 4.69) is 5.10 Å². The van der Waals surface area contributed by atoms with Crippen molar-refractivity contribution in [3.63, 3.8) is 0 Å². The molecule has 1 atom stereocenters. The quantitative estimate of drug-likeness (QED) is 0.346. The molecule has 2 aromatic carbocycles. The fourth-order valence-electron chi connectivity index (χ4n) is 3.49. The maximum Gasteiger partial charge on any atom is 0.416 e. The third-order valence-corrected chi connectivity index (χ3v) is 6.58. The van der Waals surface area contributed by atoms with Gasteiger partial charge in [0.05, 0.1) is 28.7 Å². The van der Waals surface area contributed by atoms with Gasteiger partial charge in [-0.25, -0.2) is 4.21 Å². The minimum Gasteiger partial charge on any atom is -0.289 e. The molecule has 1 fully saturated rings. The molecule has 0 bridgehead atoms. The second-order valence-corrected chi connectivity index (χ2v) is 9.59. The maximum absolute atomic E-state index is 13.4. The molecule has 15 heteroatoms. The Kier molecular flexibility index (Phi) is 7.22. The lowest BCUT2D eigenvalue weighted by Crippen LogP contribution is -2.39. The molecule has 3 amide bonds. The summed E-state index contributed by atoms with van der Waals surface area (Å²) in [4.78, 5) is 36.9. The number of benzene rings is 2. The first-order valence-corrected chi connectivity index (χ1v) is 12.2. The molecular formula is C21H14ClF3N4O5S2. The number of imide groups is 1. The number of halogens is 4. The normalized spacial score (nSPS) is 16.2. The first kappa shape index (κ1) is 25.9. The lowest BCUT2D eigenvalue weighted by atomic mass is 10.1. The number of carbonyl (C=O) groups excluding carboxylic acids is 3. The molecule has 0 spiro atoms. The van der Waals surface area contributed by atoms with Crippen molar-refractivity contribution in [2.75, 3.05) is 6.54 Å². The van der Waals surface area contributed by atoms with Gasteiger partial charge in [-0.05, 0) is 53.2 Å². The second-order valence-electron chi connectivity index (χ2n) is 7.46. The van der Waals surface area contributed by atoms with Gasteiger partial charge in [0.1, 0.15) is 6.54 Å². The van der Waals surface area contributed by atoms with Gasteiger partial charge in [-0.15, -0.1) is 0 Å². The first-order chi connectivity index (χ1) is 16.9. The average molecular weight is 559 g/mol. The summed E-state index contributed by atoms with van der Waals surface area (Å²) in [6, 6.07) is 8.38. The van der Waals surface area contributed by atoms with Crippen molar-refractivity contribution in [3.05, 3.63) is 69.2 Å². The third-order valence-electron chi connectivity index (χ3n) is 5.04. The lowest BCUT2D eigenvalue weighted by Gasteiger charge is -2.14. The number of aromatic nitrogens is 2. The molecule has 9 nitrogen and oxygen atoms in total. The van der Waals surface area contributed by atoms with Crippen LogP contribution in [0.1, 0.15) is 16.7 Å². The van der Waals surface area contributed by atoms with Crippen molar-refractivity contribution in [3.8, 4) is 0 Å². The van der Waals surface area contributed by atoms with Crippen LogP contribution in [0.4, 0.5) is 18.0 Å². The summed E-state index contributed by atoms with van der Waals surface area (Å²) in [7, 11) is 0. The van der Waals surface area contributed by atoms with Crippen LogP contribution in [0, 0.1) is 0 Å². The highest BCUT2D eigenvalue weighted by molar-refractivity contribution is 8.18. The monoisotopic (exact) mass is 558 g/mol. The number of hydrogen-bond acceptors (Lipinski definition) is 6. The zero-order valence-corrected chi connectivity index (χ0v) is 20.2. The molecule has 1 aliphatic rings. The summed E-state index contributed by atoms with van der Waals surface area (Å²) in [6.45, 7) is -0.876. The van der Waals surface area contributed by atoms with Gasteiger partial charge >= 0.3 is 6.18 Å². The van der Waals surface area contributed by atoms with E-state index in [4.69, 9.17) is 16.2 Å². The maximum atomic E-state index is 13.4. The van der Waals surface area contributed by atoms with E-state index in [-0.39, 0.29) is 22.0 Å². The highest BCUT2D eigenvalue weighted by atomic mass is 35.5. The molecular weight excluding hydrogens is 545 g/mol. The summed E-state index contributed by atoms with van der Waals surface area (Å²) in [6.07, 6.45) is -1.71. The van der Waals surface area contributed by atoms with Crippen molar-refractivity contribution in [1.29, 1.82) is 0 Å². The molecule has 1 saturated heterocycles. The largest absolute Gasteiger partial charge is 0.416 e. The predicted octanol–water partition coefficient (Wildman–Crippen LogP) is 4.05. The summed E-state index contributed by atoms with van der Waals surface area (Å²) < 4.78 is 62.7.